The number of benzene rings is 2. The molecule has 0 spiro atoms. The lowest BCUT2D eigenvalue weighted by Crippen LogP contribution is -2.64. The van der Waals surface area contributed by atoms with Crippen LogP contribution in [0, 0.1) is 11.8 Å². The molecule has 1 aliphatic carbocycles. The molecule has 1 saturated carbocycles. The number of fused-ring (bicyclic) bond motifs is 1. The van der Waals surface area contributed by atoms with E-state index in [0.29, 0.717) is 24.5 Å². The molecule has 1 amide bonds. The summed E-state index contributed by atoms with van der Waals surface area (Å²) in [6, 6.07) is 14.9. The van der Waals surface area contributed by atoms with Gasteiger partial charge in [0.2, 0.25) is 10.0 Å². The molecule has 11 nitrogen and oxygen atoms in total. The minimum absolute atomic E-state index is 0.0317. The van der Waals surface area contributed by atoms with Crippen LogP contribution in [0.5, 0.6) is 5.75 Å². The number of likely N-dealkylation sites (tertiary alicyclic amines) is 1. The van der Waals surface area contributed by atoms with Gasteiger partial charge in [-0.2, -0.15) is 4.31 Å². The van der Waals surface area contributed by atoms with Gasteiger partial charge < -0.3 is 29.0 Å². The number of rotatable bonds is 12. The Morgan fingerprint density at radius 3 is 2.39 bits per heavy atom. The molecule has 3 fully saturated rings. The molecule has 2 heterocycles. The molecule has 2 saturated heterocycles. The number of nitrogens with zero attached hydrogens (tertiary/aromatic N) is 2. The van der Waals surface area contributed by atoms with E-state index in [4.69, 9.17) is 18.9 Å². The number of hydrogen-bond acceptors (Lipinski definition) is 9. The molecular weight excluding hydrogens is 612 g/mol. The number of sulfonamides is 1. The largest absolute Gasteiger partial charge is 0.497 e. The fraction of sp³-hybridized carbons (Fsp3) is 0.588. The molecule has 2 aromatic rings. The number of ether oxygens (including phenoxy) is 4. The fourth-order valence-electron chi connectivity index (χ4n) is 6.49. The number of amides is 1. The first-order valence-electron chi connectivity index (χ1n) is 16.0. The number of carbonyl (C=O) groups is 2. The van der Waals surface area contributed by atoms with Gasteiger partial charge in [-0.1, -0.05) is 30.3 Å². The van der Waals surface area contributed by atoms with Gasteiger partial charge in [0, 0.05) is 38.6 Å². The quantitative estimate of drug-likeness (QED) is 0.336. The van der Waals surface area contributed by atoms with Gasteiger partial charge in [-0.05, 0) is 75.8 Å². The first-order chi connectivity index (χ1) is 21.8. The molecule has 0 radical (unpaired) electrons. The van der Waals surface area contributed by atoms with Crippen molar-refractivity contribution in [3.63, 3.8) is 0 Å². The molecule has 2 unspecified atom stereocenters. The van der Waals surface area contributed by atoms with Gasteiger partial charge in [0.05, 0.1) is 36.7 Å². The van der Waals surface area contributed by atoms with E-state index in [9.17, 15) is 23.1 Å². The SMILES string of the molecule is COc1ccc(S(=O)(=O)N(C[C@@H](O)[C@@H](CC(=O)OC2CC3CCO[C@@H]3C2)Cc2ccccc2)C2CN(C(=O)OC(C)(C)C)C2)cc1. The third-order valence-electron chi connectivity index (χ3n) is 8.97. The molecule has 12 heteroatoms. The first kappa shape index (κ1) is 34.2. The van der Waals surface area contributed by atoms with Crippen molar-refractivity contribution < 1.29 is 42.1 Å². The van der Waals surface area contributed by atoms with E-state index >= 15 is 0 Å². The van der Waals surface area contributed by atoms with Crippen LogP contribution in [0.25, 0.3) is 0 Å². The summed E-state index contributed by atoms with van der Waals surface area (Å²) in [5.41, 5.74) is 0.212. The lowest BCUT2D eigenvalue weighted by Gasteiger charge is -2.45. The van der Waals surface area contributed by atoms with Crippen molar-refractivity contribution >= 4 is 22.1 Å². The Labute approximate surface area is 271 Å². The van der Waals surface area contributed by atoms with Crippen molar-refractivity contribution in [2.45, 2.75) is 87.7 Å². The Bertz CT molecular complexity index is 1430. The van der Waals surface area contributed by atoms with Crippen LogP contribution < -0.4 is 4.74 Å². The summed E-state index contributed by atoms with van der Waals surface area (Å²) in [6.07, 6.45) is 0.854. The maximum Gasteiger partial charge on any atom is 0.410 e. The minimum atomic E-state index is -4.12. The lowest BCUT2D eigenvalue weighted by molar-refractivity contribution is -0.151. The number of hydrogen-bond donors (Lipinski definition) is 1. The van der Waals surface area contributed by atoms with Gasteiger partial charge >= 0.3 is 12.1 Å². The van der Waals surface area contributed by atoms with Gasteiger partial charge in [0.25, 0.3) is 0 Å². The molecule has 2 aliphatic heterocycles. The average Bonchev–Trinajstić information content (AvgIpc) is 3.57. The second kappa shape index (κ2) is 14.3. The highest BCUT2D eigenvalue weighted by atomic mass is 32.2. The van der Waals surface area contributed by atoms with E-state index in [-0.39, 0.29) is 43.2 Å². The first-order valence-corrected chi connectivity index (χ1v) is 17.4. The van der Waals surface area contributed by atoms with Crippen molar-refractivity contribution in [3.05, 3.63) is 60.2 Å². The molecule has 0 bridgehead atoms. The van der Waals surface area contributed by atoms with Gasteiger partial charge in [-0.3, -0.25) is 4.79 Å². The Balaban J connectivity index is 1.34. The van der Waals surface area contributed by atoms with Crippen molar-refractivity contribution in [2.75, 3.05) is 33.4 Å². The molecule has 3 aliphatic rings. The monoisotopic (exact) mass is 658 g/mol. The zero-order valence-corrected chi connectivity index (χ0v) is 27.9. The molecule has 0 aromatic heterocycles. The normalized spacial score (nSPS) is 23.0. The number of methoxy groups -OCH3 is 1. The van der Waals surface area contributed by atoms with E-state index in [1.165, 1.54) is 28.4 Å². The summed E-state index contributed by atoms with van der Waals surface area (Å²) in [5.74, 6) is -0.135. The molecule has 5 rings (SSSR count). The highest BCUT2D eigenvalue weighted by molar-refractivity contribution is 7.89. The zero-order valence-electron chi connectivity index (χ0n) is 27.0. The van der Waals surface area contributed by atoms with Crippen molar-refractivity contribution in [3.8, 4) is 5.75 Å². The second-order valence-corrected chi connectivity index (χ2v) is 15.4. The van der Waals surface area contributed by atoms with E-state index in [0.717, 1.165) is 25.0 Å². The Hall–Kier alpha value is -3.19. The maximum atomic E-state index is 14.1. The van der Waals surface area contributed by atoms with Crippen LogP contribution in [-0.4, -0.2) is 98.1 Å². The highest BCUT2D eigenvalue weighted by Crippen LogP contribution is 2.38. The van der Waals surface area contributed by atoms with Crippen LogP contribution >= 0.6 is 0 Å². The van der Waals surface area contributed by atoms with E-state index in [1.54, 1.807) is 32.9 Å². The van der Waals surface area contributed by atoms with Gasteiger partial charge in [0.15, 0.2) is 0 Å². The zero-order chi connectivity index (χ0) is 33.1. The van der Waals surface area contributed by atoms with Crippen LogP contribution in [0.15, 0.2) is 59.5 Å². The summed E-state index contributed by atoms with van der Waals surface area (Å²) in [4.78, 5) is 27.4. The summed E-state index contributed by atoms with van der Waals surface area (Å²) in [5, 5.41) is 11.7. The predicted octanol–water partition coefficient (Wildman–Crippen LogP) is 4.03. The minimum Gasteiger partial charge on any atom is -0.497 e. The molecule has 252 valence electrons. The Kier molecular flexibility index (Phi) is 10.6. The Morgan fingerprint density at radius 2 is 1.76 bits per heavy atom. The summed E-state index contributed by atoms with van der Waals surface area (Å²) >= 11 is 0. The number of carbonyl (C=O) groups excluding carboxylic acids is 2. The van der Waals surface area contributed by atoms with Crippen molar-refractivity contribution in [1.82, 2.24) is 9.21 Å². The average molecular weight is 659 g/mol. The second-order valence-electron chi connectivity index (χ2n) is 13.6. The number of esters is 1. The highest BCUT2D eigenvalue weighted by Gasteiger charge is 2.44. The predicted molar refractivity (Wildman–Crippen MR) is 170 cm³/mol. The van der Waals surface area contributed by atoms with Crippen LogP contribution in [0.2, 0.25) is 0 Å². The van der Waals surface area contributed by atoms with Gasteiger partial charge in [-0.25, -0.2) is 13.2 Å². The topological polar surface area (TPSA) is 132 Å². The summed E-state index contributed by atoms with van der Waals surface area (Å²) in [7, 11) is -2.62. The fourth-order valence-corrected chi connectivity index (χ4v) is 8.12. The molecule has 1 N–H and O–H groups in total. The molecule has 46 heavy (non-hydrogen) atoms. The van der Waals surface area contributed by atoms with E-state index in [2.05, 4.69) is 0 Å². The number of aliphatic hydroxyl groups is 1. The Morgan fingerprint density at radius 1 is 1.07 bits per heavy atom. The standard InChI is InChI=1S/C34H46N2O9S/c1-34(2,3)45-33(39)35-20-26(21-35)36(46(40,41)29-12-10-27(42-4)11-13-29)22-30(37)25(16-23-8-6-5-7-9-23)18-32(38)44-28-17-24-14-15-43-31(24)19-28/h5-13,24-26,28,30-31,37H,14-22H2,1-4H3/t24?,25-,28?,30-,31-/m1/s1. The summed E-state index contributed by atoms with van der Waals surface area (Å²) in [6.45, 7) is 5.99. The van der Waals surface area contributed by atoms with Crippen LogP contribution in [0.1, 0.15) is 52.0 Å². The van der Waals surface area contributed by atoms with Gasteiger partial charge in [0.1, 0.15) is 17.5 Å². The molecule has 5 atom stereocenters. The van der Waals surface area contributed by atoms with Crippen LogP contribution in [-0.2, 0) is 35.4 Å². The summed E-state index contributed by atoms with van der Waals surface area (Å²) < 4.78 is 51.7. The number of aliphatic hydroxyl groups excluding tert-OH is 1. The van der Waals surface area contributed by atoms with E-state index in [1.807, 2.05) is 30.3 Å². The third kappa shape index (κ3) is 8.39. The molecular formula is C34H46N2O9S. The van der Waals surface area contributed by atoms with Crippen LogP contribution in [0.3, 0.4) is 0 Å². The lowest BCUT2D eigenvalue weighted by atomic mass is 9.90. The smallest absolute Gasteiger partial charge is 0.410 e. The maximum absolute atomic E-state index is 14.1. The van der Waals surface area contributed by atoms with Crippen molar-refractivity contribution in [2.24, 2.45) is 11.8 Å². The third-order valence-corrected chi connectivity index (χ3v) is 10.9. The van der Waals surface area contributed by atoms with E-state index < -0.39 is 45.8 Å². The molecule has 2 aromatic carbocycles. The van der Waals surface area contributed by atoms with Gasteiger partial charge in [-0.15, -0.1) is 0 Å². The van der Waals surface area contributed by atoms with Crippen LogP contribution in [0.4, 0.5) is 4.79 Å². The van der Waals surface area contributed by atoms with Crippen molar-refractivity contribution in [1.29, 1.82) is 0 Å².